The van der Waals surface area contributed by atoms with E-state index in [1.165, 1.54) is 13.2 Å². The molecule has 17 heavy (non-hydrogen) atoms. The molecular formula is C11H10FNO3S. The van der Waals surface area contributed by atoms with E-state index in [1.807, 2.05) is 0 Å². The van der Waals surface area contributed by atoms with Crippen molar-refractivity contribution in [2.75, 3.05) is 13.7 Å². The van der Waals surface area contributed by atoms with E-state index in [4.69, 9.17) is 9.47 Å². The Hall–Kier alpha value is -1.69. The van der Waals surface area contributed by atoms with E-state index in [2.05, 4.69) is 4.37 Å². The van der Waals surface area contributed by atoms with E-state index < -0.39 is 11.8 Å². The Bertz CT molecular complexity index is 567. The summed E-state index contributed by atoms with van der Waals surface area (Å²) in [4.78, 5) is 11.6. The number of hydrogen-bond acceptors (Lipinski definition) is 5. The highest BCUT2D eigenvalue weighted by molar-refractivity contribution is 7.13. The monoisotopic (exact) mass is 255 g/mol. The van der Waals surface area contributed by atoms with Crippen molar-refractivity contribution in [2.45, 2.75) is 6.92 Å². The fraction of sp³-hybridized carbons (Fsp3) is 0.273. The van der Waals surface area contributed by atoms with Crippen molar-refractivity contribution in [3.05, 3.63) is 23.6 Å². The molecule has 0 bridgehead atoms. The summed E-state index contributed by atoms with van der Waals surface area (Å²) in [5, 5.41) is 0.451. The van der Waals surface area contributed by atoms with Crippen molar-refractivity contribution in [2.24, 2.45) is 0 Å². The molecule has 1 heterocycles. The van der Waals surface area contributed by atoms with Crippen LogP contribution < -0.4 is 4.74 Å². The largest absolute Gasteiger partial charge is 0.494 e. The molecule has 0 aliphatic carbocycles. The zero-order valence-corrected chi connectivity index (χ0v) is 10.1. The summed E-state index contributed by atoms with van der Waals surface area (Å²) in [6, 6.07) is 3.07. The number of hydrogen-bond donors (Lipinski definition) is 0. The normalized spacial score (nSPS) is 10.5. The zero-order chi connectivity index (χ0) is 12.4. The van der Waals surface area contributed by atoms with Crippen LogP contribution in [0, 0.1) is 5.82 Å². The quantitative estimate of drug-likeness (QED) is 0.791. The molecule has 4 nitrogen and oxygen atoms in total. The molecule has 1 aromatic carbocycles. The molecule has 0 aliphatic rings. The van der Waals surface area contributed by atoms with Crippen LogP contribution in [0.4, 0.5) is 4.39 Å². The molecule has 90 valence electrons. The molecule has 0 fully saturated rings. The summed E-state index contributed by atoms with van der Waals surface area (Å²) < 4.78 is 27.7. The van der Waals surface area contributed by atoms with Crippen LogP contribution in [0.5, 0.6) is 5.75 Å². The van der Waals surface area contributed by atoms with Crippen LogP contribution in [-0.4, -0.2) is 24.1 Å². The van der Waals surface area contributed by atoms with Gasteiger partial charge in [-0.3, -0.25) is 0 Å². The SMILES string of the molecule is CCOC(=O)c1nsc2c(F)c(OC)ccc12. The number of ether oxygens (including phenoxy) is 2. The van der Waals surface area contributed by atoms with Crippen LogP contribution in [-0.2, 0) is 4.74 Å². The van der Waals surface area contributed by atoms with Gasteiger partial charge in [0.05, 0.1) is 18.4 Å². The second-order valence-electron chi connectivity index (χ2n) is 3.21. The molecule has 0 saturated carbocycles. The first kappa shape index (κ1) is 11.8. The van der Waals surface area contributed by atoms with Crippen molar-refractivity contribution in [1.29, 1.82) is 0 Å². The van der Waals surface area contributed by atoms with Gasteiger partial charge in [-0.15, -0.1) is 0 Å². The van der Waals surface area contributed by atoms with Gasteiger partial charge >= 0.3 is 5.97 Å². The first-order valence-electron chi connectivity index (χ1n) is 4.98. The Morgan fingerprint density at radius 3 is 2.94 bits per heavy atom. The molecule has 0 saturated heterocycles. The molecule has 6 heteroatoms. The lowest BCUT2D eigenvalue weighted by Crippen LogP contribution is -2.05. The summed E-state index contributed by atoms with van der Waals surface area (Å²) in [5.74, 6) is -0.905. The summed E-state index contributed by atoms with van der Waals surface area (Å²) >= 11 is 0.918. The molecule has 2 rings (SSSR count). The van der Waals surface area contributed by atoms with Gasteiger partial charge in [0.15, 0.2) is 17.3 Å². The molecular weight excluding hydrogens is 245 g/mol. The molecule has 0 N–H and O–H groups in total. The number of carbonyl (C=O) groups excluding carboxylic acids is 1. The van der Waals surface area contributed by atoms with E-state index in [-0.39, 0.29) is 18.1 Å². The molecule has 0 amide bonds. The maximum Gasteiger partial charge on any atom is 0.358 e. The number of esters is 1. The second-order valence-corrected chi connectivity index (χ2v) is 3.98. The maximum atomic E-state index is 13.8. The Morgan fingerprint density at radius 1 is 1.53 bits per heavy atom. The lowest BCUT2D eigenvalue weighted by Gasteiger charge is -2.02. The van der Waals surface area contributed by atoms with E-state index in [1.54, 1.807) is 13.0 Å². The molecule has 1 aromatic heterocycles. The first-order valence-corrected chi connectivity index (χ1v) is 5.75. The molecule has 0 unspecified atom stereocenters. The minimum absolute atomic E-state index is 0.136. The minimum atomic E-state index is -0.539. The number of carbonyl (C=O) groups is 1. The number of fused-ring (bicyclic) bond motifs is 1. The molecule has 0 spiro atoms. The lowest BCUT2D eigenvalue weighted by atomic mass is 10.2. The first-order chi connectivity index (χ1) is 8.19. The van der Waals surface area contributed by atoms with Gasteiger partial charge in [-0.1, -0.05) is 0 Å². The fourth-order valence-corrected chi connectivity index (χ4v) is 2.26. The number of benzene rings is 1. The van der Waals surface area contributed by atoms with Gasteiger partial charge in [0.25, 0.3) is 0 Å². The number of halogens is 1. The average molecular weight is 255 g/mol. The van der Waals surface area contributed by atoms with E-state index in [9.17, 15) is 9.18 Å². The molecule has 0 aliphatic heterocycles. The molecule has 0 atom stereocenters. The zero-order valence-electron chi connectivity index (χ0n) is 9.32. The molecule has 0 radical (unpaired) electrons. The van der Waals surface area contributed by atoms with Gasteiger partial charge in [-0.25, -0.2) is 9.18 Å². The minimum Gasteiger partial charge on any atom is -0.494 e. The average Bonchev–Trinajstić information content (AvgIpc) is 2.74. The van der Waals surface area contributed by atoms with Crippen LogP contribution >= 0.6 is 11.5 Å². The van der Waals surface area contributed by atoms with Gasteiger partial charge in [0.2, 0.25) is 0 Å². The standard InChI is InChI=1S/C11H10FNO3S/c1-3-16-11(14)9-6-4-5-7(15-2)8(12)10(6)17-13-9/h4-5H,3H2,1-2H3. The highest BCUT2D eigenvalue weighted by Crippen LogP contribution is 2.31. The van der Waals surface area contributed by atoms with Gasteiger partial charge in [0.1, 0.15) is 0 Å². The number of methoxy groups -OCH3 is 1. The lowest BCUT2D eigenvalue weighted by molar-refractivity contribution is 0.0523. The van der Waals surface area contributed by atoms with Crippen LogP contribution in [0.15, 0.2) is 12.1 Å². The number of rotatable bonds is 3. The van der Waals surface area contributed by atoms with Gasteiger partial charge in [-0.05, 0) is 30.6 Å². The number of aromatic nitrogens is 1. The Balaban J connectivity index is 2.55. The third kappa shape index (κ3) is 1.95. The smallest absolute Gasteiger partial charge is 0.358 e. The predicted octanol–water partition coefficient (Wildman–Crippen LogP) is 2.62. The fourth-order valence-electron chi connectivity index (χ4n) is 1.46. The van der Waals surface area contributed by atoms with Crippen LogP contribution in [0.3, 0.4) is 0 Å². The van der Waals surface area contributed by atoms with Crippen molar-refractivity contribution < 1.29 is 18.7 Å². The van der Waals surface area contributed by atoms with Crippen molar-refractivity contribution in [3.63, 3.8) is 0 Å². The topological polar surface area (TPSA) is 48.4 Å². The Labute approximate surface area is 101 Å². The summed E-state index contributed by atoms with van der Waals surface area (Å²) in [6.45, 7) is 1.96. The highest BCUT2D eigenvalue weighted by atomic mass is 32.1. The summed E-state index contributed by atoms with van der Waals surface area (Å²) in [7, 11) is 1.39. The van der Waals surface area contributed by atoms with Gasteiger partial charge in [-0.2, -0.15) is 4.37 Å². The summed E-state index contributed by atoms with van der Waals surface area (Å²) in [6.07, 6.45) is 0. The second kappa shape index (κ2) is 4.67. The molecule has 2 aromatic rings. The van der Waals surface area contributed by atoms with Gasteiger partial charge < -0.3 is 9.47 Å². The number of nitrogens with zero attached hydrogens (tertiary/aromatic N) is 1. The Kier molecular flexibility index (Phi) is 3.23. The third-order valence-electron chi connectivity index (χ3n) is 2.23. The predicted molar refractivity (Wildman–Crippen MR) is 62.1 cm³/mol. The summed E-state index contributed by atoms with van der Waals surface area (Å²) in [5.41, 5.74) is 0.147. The van der Waals surface area contributed by atoms with Gasteiger partial charge in [0, 0.05) is 5.39 Å². The maximum absolute atomic E-state index is 13.8. The van der Waals surface area contributed by atoms with Crippen LogP contribution in [0.2, 0.25) is 0 Å². The third-order valence-corrected chi connectivity index (χ3v) is 3.09. The van der Waals surface area contributed by atoms with Crippen molar-refractivity contribution >= 4 is 27.6 Å². The van der Waals surface area contributed by atoms with E-state index >= 15 is 0 Å². The van der Waals surface area contributed by atoms with E-state index in [0.29, 0.717) is 10.1 Å². The van der Waals surface area contributed by atoms with Crippen LogP contribution in [0.1, 0.15) is 17.4 Å². The van der Waals surface area contributed by atoms with Crippen LogP contribution in [0.25, 0.3) is 10.1 Å². The van der Waals surface area contributed by atoms with E-state index in [0.717, 1.165) is 11.5 Å². The van der Waals surface area contributed by atoms with Crippen molar-refractivity contribution in [1.82, 2.24) is 4.37 Å². The van der Waals surface area contributed by atoms with Crippen molar-refractivity contribution in [3.8, 4) is 5.75 Å². The highest BCUT2D eigenvalue weighted by Gasteiger charge is 2.19. The Morgan fingerprint density at radius 2 is 2.29 bits per heavy atom.